The predicted molar refractivity (Wildman–Crippen MR) is 116 cm³/mol. The Hall–Kier alpha value is -2.64. The first-order valence-electron chi connectivity index (χ1n) is 10.6. The number of aryl methyl sites for hydroxylation is 3. The van der Waals surface area contributed by atoms with Gasteiger partial charge >= 0.3 is 0 Å². The molecule has 0 aliphatic carbocycles. The van der Waals surface area contributed by atoms with Crippen molar-refractivity contribution in [1.29, 1.82) is 0 Å². The number of amides is 2. The minimum Gasteiger partial charge on any atom is -0.464 e. The topological polar surface area (TPSA) is 71.4 Å². The Morgan fingerprint density at radius 1 is 0.967 bits per heavy atom. The van der Waals surface area contributed by atoms with Gasteiger partial charge in [-0.3, -0.25) is 9.59 Å². The van der Waals surface area contributed by atoms with Crippen molar-refractivity contribution in [2.75, 3.05) is 51.6 Å². The van der Waals surface area contributed by atoms with Gasteiger partial charge in [0.25, 0.3) is 11.8 Å². The highest BCUT2D eigenvalue weighted by atomic mass is 16.3. The number of nitrogens with zero attached hydrogens (tertiary/aromatic N) is 1. The Morgan fingerprint density at radius 3 is 2.13 bits per heavy atom. The molecule has 1 saturated heterocycles. The molecule has 3 N–H and O–H groups in total. The second-order valence-electron chi connectivity index (χ2n) is 8.43. The lowest BCUT2D eigenvalue weighted by Gasteiger charge is -2.30. The van der Waals surface area contributed by atoms with E-state index in [1.165, 1.54) is 9.80 Å². The predicted octanol–water partition coefficient (Wildman–Crippen LogP) is -0.415. The fraction of sp³-hybridized carbons (Fsp3) is 0.478. The number of carbonyl (C=O) groups excluding carboxylic acids is 2. The van der Waals surface area contributed by atoms with E-state index in [4.69, 9.17) is 4.42 Å². The minimum absolute atomic E-state index is 0.0513. The van der Waals surface area contributed by atoms with E-state index in [-0.39, 0.29) is 11.8 Å². The molecule has 1 aliphatic rings. The quantitative estimate of drug-likeness (QED) is 0.577. The number of likely N-dealkylation sites (N-methyl/N-ethyl adjacent to an activating group) is 1. The number of anilines is 1. The fourth-order valence-electron chi connectivity index (χ4n) is 3.97. The number of hydrogen-bond acceptors (Lipinski definition) is 3. The summed E-state index contributed by atoms with van der Waals surface area (Å²) in [7, 11) is 1.82. The summed E-state index contributed by atoms with van der Waals surface area (Å²) < 4.78 is 5.56. The number of rotatable bonds is 7. The molecule has 2 heterocycles. The van der Waals surface area contributed by atoms with Gasteiger partial charge in [-0.25, -0.2) is 0 Å². The number of para-hydroxylation sites is 1. The van der Waals surface area contributed by atoms with Crippen molar-refractivity contribution in [3.8, 4) is 0 Å². The van der Waals surface area contributed by atoms with E-state index in [1.54, 1.807) is 4.90 Å². The van der Waals surface area contributed by atoms with Gasteiger partial charge in [-0.2, -0.15) is 0 Å². The van der Waals surface area contributed by atoms with E-state index in [9.17, 15) is 9.59 Å². The van der Waals surface area contributed by atoms with Gasteiger partial charge in [-0.05, 0) is 44.0 Å². The molecule has 1 fully saturated rings. The van der Waals surface area contributed by atoms with Crippen molar-refractivity contribution in [2.45, 2.75) is 27.3 Å². The van der Waals surface area contributed by atoms with Gasteiger partial charge < -0.3 is 24.4 Å². The average Bonchev–Trinajstić information content (AvgIpc) is 3.11. The van der Waals surface area contributed by atoms with Crippen LogP contribution in [0.3, 0.4) is 0 Å². The molecule has 1 aromatic heterocycles. The molecule has 1 aliphatic heterocycles. The van der Waals surface area contributed by atoms with Crippen LogP contribution in [0.2, 0.25) is 0 Å². The average molecular weight is 415 g/mol. The van der Waals surface area contributed by atoms with Crippen LogP contribution in [0.5, 0.6) is 0 Å². The molecule has 2 amide bonds. The second-order valence-corrected chi connectivity index (χ2v) is 8.43. The number of piperazine rings is 1. The summed E-state index contributed by atoms with van der Waals surface area (Å²) in [5.41, 5.74) is 3.09. The lowest BCUT2D eigenvalue weighted by Crippen LogP contribution is -3.28. The van der Waals surface area contributed by atoms with Crippen molar-refractivity contribution in [2.24, 2.45) is 0 Å². The third-order valence-electron chi connectivity index (χ3n) is 5.84. The lowest BCUT2D eigenvalue weighted by molar-refractivity contribution is -1.00. The maximum atomic E-state index is 12.5. The molecule has 0 radical (unpaired) electrons. The van der Waals surface area contributed by atoms with Crippen LogP contribution >= 0.6 is 0 Å². The van der Waals surface area contributed by atoms with Gasteiger partial charge in [0.15, 0.2) is 13.1 Å². The first-order valence-corrected chi connectivity index (χ1v) is 10.6. The summed E-state index contributed by atoms with van der Waals surface area (Å²) in [6, 6.07) is 9.86. The second kappa shape index (κ2) is 9.91. The molecular weight excluding hydrogens is 380 g/mol. The summed E-state index contributed by atoms with van der Waals surface area (Å²) in [5.74, 6) is 1.84. The molecule has 1 aromatic carbocycles. The monoisotopic (exact) mass is 414 g/mol. The molecule has 30 heavy (non-hydrogen) atoms. The number of furan rings is 1. The molecule has 0 saturated carbocycles. The van der Waals surface area contributed by atoms with Gasteiger partial charge in [0.05, 0.1) is 6.54 Å². The fourth-order valence-corrected chi connectivity index (χ4v) is 3.97. The highest BCUT2D eigenvalue weighted by Crippen LogP contribution is 2.18. The van der Waals surface area contributed by atoms with E-state index in [0.29, 0.717) is 19.6 Å². The third kappa shape index (κ3) is 5.93. The molecule has 0 unspecified atom stereocenters. The molecule has 7 nitrogen and oxygen atoms in total. The molecule has 0 atom stereocenters. The largest absolute Gasteiger partial charge is 0.464 e. The van der Waals surface area contributed by atoms with Crippen LogP contribution in [-0.4, -0.2) is 63.0 Å². The van der Waals surface area contributed by atoms with Crippen LogP contribution in [0.15, 0.2) is 34.7 Å². The number of quaternary nitrogens is 2. The Morgan fingerprint density at radius 2 is 1.57 bits per heavy atom. The summed E-state index contributed by atoms with van der Waals surface area (Å²) in [6.45, 7) is 10.9. The number of benzene rings is 1. The molecule has 0 bridgehead atoms. The van der Waals surface area contributed by atoms with Crippen molar-refractivity contribution in [1.82, 2.24) is 4.90 Å². The highest BCUT2D eigenvalue weighted by Gasteiger charge is 2.27. The van der Waals surface area contributed by atoms with Crippen LogP contribution < -0.4 is 15.1 Å². The van der Waals surface area contributed by atoms with E-state index in [1.807, 2.05) is 58.2 Å². The first-order chi connectivity index (χ1) is 14.3. The van der Waals surface area contributed by atoms with Crippen molar-refractivity contribution in [3.63, 3.8) is 0 Å². The molecular formula is C23H34N4O3+2. The van der Waals surface area contributed by atoms with E-state index in [2.05, 4.69) is 5.32 Å². The molecule has 2 aromatic rings. The van der Waals surface area contributed by atoms with Crippen LogP contribution in [0.1, 0.15) is 22.6 Å². The standard InChI is InChI=1S/C23H32N4O3/c1-17-6-5-7-18(2)23(17)24-21(28)15-26-10-12-27(13-11-26)16-22(29)25(4)14-20-9-8-19(3)30-20/h5-9H,10-16H2,1-4H3,(H,24,28)/p+2. The van der Waals surface area contributed by atoms with Crippen molar-refractivity contribution in [3.05, 3.63) is 53.0 Å². The lowest BCUT2D eigenvalue weighted by atomic mass is 10.1. The number of carbonyl (C=O) groups is 2. The third-order valence-corrected chi connectivity index (χ3v) is 5.84. The summed E-state index contributed by atoms with van der Waals surface area (Å²) in [5, 5.41) is 3.07. The first kappa shape index (κ1) is 22.1. The summed E-state index contributed by atoms with van der Waals surface area (Å²) in [4.78, 5) is 29.3. The SMILES string of the molecule is Cc1ccc(CN(C)C(=O)C[NH+]2CC[NH+](CC(=O)Nc3c(C)cccc3C)CC2)o1. The molecule has 0 spiro atoms. The van der Waals surface area contributed by atoms with Gasteiger partial charge in [0.2, 0.25) is 0 Å². The van der Waals surface area contributed by atoms with Crippen LogP contribution in [0, 0.1) is 20.8 Å². The zero-order valence-electron chi connectivity index (χ0n) is 18.5. The Balaban J connectivity index is 1.41. The summed E-state index contributed by atoms with van der Waals surface area (Å²) in [6.07, 6.45) is 0. The van der Waals surface area contributed by atoms with Gasteiger partial charge in [-0.15, -0.1) is 0 Å². The van der Waals surface area contributed by atoms with Gasteiger partial charge in [-0.1, -0.05) is 18.2 Å². The minimum atomic E-state index is 0.0513. The smallest absolute Gasteiger partial charge is 0.279 e. The van der Waals surface area contributed by atoms with Crippen LogP contribution in [0.4, 0.5) is 5.69 Å². The number of hydrogen-bond donors (Lipinski definition) is 3. The van der Waals surface area contributed by atoms with E-state index in [0.717, 1.165) is 54.5 Å². The van der Waals surface area contributed by atoms with Gasteiger partial charge in [0, 0.05) is 12.7 Å². The van der Waals surface area contributed by atoms with Crippen LogP contribution in [-0.2, 0) is 16.1 Å². The highest BCUT2D eigenvalue weighted by molar-refractivity contribution is 5.93. The Bertz CT molecular complexity index is 864. The molecule has 7 heteroatoms. The zero-order valence-corrected chi connectivity index (χ0v) is 18.5. The van der Waals surface area contributed by atoms with E-state index < -0.39 is 0 Å². The Kier molecular flexibility index (Phi) is 7.29. The normalized spacial score (nSPS) is 18.8. The van der Waals surface area contributed by atoms with Crippen molar-refractivity contribution < 1.29 is 23.8 Å². The summed E-state index contributed by atoms with van der Waals surface area (Å²) >= 11 is 0. The maximum absolute atomic E-state index is 12.5. The Labute approximate surface area is 178 Å². The van der Waals surface area contributed by atoms with Gasteiger partial charge in [0.1, 0.15) is 37.7 Å². The van der Waals surface area contributed by atoms with E-state index >= 15 is 0 Å². The molecule has 3 rings (SSSR count). The maximum Gasteiger partial charge on any atom is 0.279 e. The zero-order chi connectivity index (χ0) is 21.7. The van der Waals surface area contributed by atoms with Crippen LogP contribution in [0.25, 0.3) is 0 Å². The molecule has 162 valence electrons. The van der Waals surface area contributed by atoms with Crippen molar-refractivity contribution >= 4 is 17.5 Å². The number of nitrogens with one attached hydrogen (secondary N) is 3.